The lowest BCUT2D eigenvalue weighted by Crippen LogP contribution is -2.39. The maximum atomic E-state index is 4.31. The van der Waals surface area contributed by atoms with Crippen molar-refractivity contribution < 1.29 is 0 Å². The average Bonchev–Trinajstić information content (AvgIpc) is 3.16. The monoisotopic (exact) mass is 410 g/mol. The molecule has 0 spiro atoms. The van der Waals surface area contributed by atoms with Crippen LogP contribution in [-0.4, -0.2) is 40.9 Å². The number of nitrogens with one attached hydrogen (secondary N) is 1. The van der Waals surface area contributed by atoms with Gasteiger partial charge in [0.15, 0.2) is 0 Å². The average molecular weight is 411 g/mol. The first kappa shape index (κ1) is 22.2. The van der Waals surface area contributed by atoms with E-state index in [0.29, 0.717) is 0 Å². The summed E-state index contributed by atoms with van der Waals surface area (Å²) < 4.78 is 1.99. The van der Waals surface area contributed by atoms with Crippen molar-refractivity contribution in [3.05, 3.63) is 53.9 Å². The first-order chi connectivity index (χ1) is 12.4. The standard InChI is InChI=1S/C21H30N4.2ClH/c1-3-18(15-19(4-1)17-25-12-2-9-23-25)16-24-13-7-21(8-14-24)20-5-10-22-11-6-20;;/h1-4,9,12,15,20-22H,5-8,10-11,13-14,16-17H2;2*1H. The summed E-state index contributed by atoms with van der Waals surface area (Å²) in [6, 6.07) is 11.0. The molecule has 1 aromatic carbocycles. The summed E-state index contributed by atoms with van der Waals surface area (Å²) in [6.07, 6.45) is 9.42. The molecule has 2 aromatic rings. The summed E-state index contributed by atoms with van der Waals surface area (Å²) in [5.74, 6) is 1.94. The highest BCUT2D eigenvalue weighted by molar-refractivity contribution is 5.85. The molecule has 0 atom stereocenters. The molecule has 1 aromatic heterocycles. The van der Waals surface area contributed by atoms with Crippen LogP contribution in [0.4, 0.5) is 0 Å². The maximum absolute atomic E-state index is 4.31. The van der Waals surface area contributed by atoms with Crippen LogP contribution in [0.5, 0.6) is 0 Å². The topological polar surface area (TPSA) is 33.1 Å². The van der Waals surface area contributed by atoms with Crippen LogP contribution in [0, 0.1) is 11.8 Å². The fourth-order valence-corrected chi connectivity index (χ4v) is 4.56. The molecule has 3 heterocycles. The molecule has 2 fully saturated rings. The van der Waals surface area contributed by atoms with Crippen molar-refractivity contribution in [2.45, 2.75) is 38.8 Å². The molecule has 1 N–H and O–H groups in total. The summed E-state index contributed by atoms with van der Waals surface area (Å²) in [6.45, 7) is 6.93. The highest BCUT2D eigenvalue weighted by atomic mass is 35.5. The number of hydrogen-bond acceptors (Lipinski definition) is 3. The third kappa shape index (κ3) is 6.21. The van der Waals surface area contributed by atoms with E-state index in [0.717, 1.165) is 24.9 Å². The van der Waals surface area contributed by atoms with Crippen molar-refractivity contribution >= 4 is 24.8 Å². The molecule has 150 valence electrons. The summed E-state index contributed by atoms with van der Waals surface area (Å²) >= 11 is 0. The van der Waals surface area contributed by atoms with Gasteiger partial charge in [0.2, 0.25) is 0 Å². The second-order valence-electron chi connectivity index (χ2n) is 7.72. The zero-order valence-corrected chi connectivity index (χ0v) is 17.6. The van der Waals surface area contributed by atoms with Crippen molar-refractivity contribution in [2.75, 3.05) is 26.2 Å². The molecule has 2 saturated heterocycles. The van der Waals surface area contributed by atoms with Gasteiger partial charge in [0, 0.05) is 18.9 Å². The van der Waals surface area contributed by atoms with E-state index < -0.39 is 0 Å². The molecule has 0 aliphatic carbocycles. The number of halogens is 2. The molecule has 4 rings (SSSR count). The highest BCUT2D eigenvalue weighted by Gasteiger charge is 2.27. The molecule has 0 bridgehead atoms. The highest BCUT2D eigenvalue weighted by Crippen LogP contribution is 2.31. The van der Waals surface area contributed by atoms with E-state index in [1.807, 2.05) is 23.1 Å². The lowest BCUT2D eigenvalue weighted by atomic mass is 9.79. The molecule has 6 heteroatoms. The van der Waals surface area contributed by atoms with Crippen LogP contribution in [0.25, 0.3) is 0 Å². The molecule has 0 amide bonds. The number of nitrogens with zero attached hydrogens (tertiary/aromatic N) is 3. The van der Waals surface area contributed by atoms with Gasteiger partial charge >= 0.3 is 0 Å². The van der Waals surface area contributed by atoms with Crippen molar-refractivity contribution in [1.29, 1.82) is 0 Å². The molecule has 0 saturated carbocycles. The summed E-state index contributed by atoms with van der Waals surface area (Å²) in [7, 11) is 0. The molecule has 0 radical (unpaired) electrons. The maximum Gasteiger partial charge on any atom is 0.0659 e. The third-order valence-corrected chi connectivity index (χ3v) is 5.98. The van der Waals surface area contributed by atoms with Crippen molar-refractivity contribution in [1.82, 2.24) is 20.0 Å². The van der Waals surface area contributed by atoms with Gasteiger partial charge in [0.05, 0.1) is 6.54 Å². The predicted molar refractivity (Wildman–Crippen MR) is 116 cm³/mol. The lowest BCUT2D eigenvalue weighted by Gasteiger charge is -2.37. The van der Waals surface area contributed by atoms with Crippen molar-refractivity contribution in [3.63, 3.8) is 0 Å². The molecular formula is C21H32Cl2N4. The van der Waals surface area contributed by atoms with E-state index >= 15 is 0 Å². The second-order valence-corrected chi connectivity index (χ2v) is 7.72. The van der Waals surface area contributed by atoms with Gasteiger partial charge in [-0.1, -0.05) is 24.3 Å². The van der Waals surface area contributed by atoms with Gasteiger partial charge < -0.3 is 5.32 Å². The predicted octanol–water partition coefficient (Wildman–Crippen LogP) is 3.99. The van der Waals surface area contributed by atoms with Crippen LogP contribution < -0.4 is 5.32 Å². The van der Waals surface area contributed by atoms with Crippen molar-refractivity contribution in [2.24, 2.45) is 11.8 Å². The second kappa shape index (κ2) is 11.1. The Bertz CT molecular complexity index is 648. The van der Waals surface area contributed by atoms with E-state index in [-0.39, 0.29) is 24.8 Å². The lowest BCUT2D eigenvalue weighted by molar-refractivity contribution is 0.126. The van der Waals surface area contributed by atoms with E-state index in [1.165, 1.54) is 63.0 Å². The Kier molecular flexibility index (Phi) is 9.10. The quantitative estimate of drug-likeness (QED) is 0.808. The normalized spacial score (nSPS) is 19.3. The molecule has 27 heavy (non-hydrogen) atoms. The number of rotatable bonds is 5. The zero-order chi connectivity index (χ0) is 16.9. The van der Waals surface area contributed by atoms with Crippen LogP contribution in [0.3, 0.4) is 0 Å². The van der Waals surface area contributed by atoms with E-state index in [1.54, 1.807) is 0 Å². The number of benzene rings is 1. The Morgan fingerprint density at radius 3 is 2.22 bits per heavy atom. The molecule has 0 unspecified atom stereocenters. The molecular weight excluding hydrogens is 379 g/mol. The van der Waals surface area contributed by atoms with E-state index in [9.17, 15) is 0 Å². The smallest absolute Gasteiger partial charge is 0.0659 e. The van der Waals surface area contributed by atoms with Crippen LogP contribution in [-0.2, 0) is 13.1 Å². The van der Waals surface area contributed by atoms with Crippen LogP contribution in [0.2, 0.25) is 0 Å². The minimum absolute atomic E-state index is 0. The largest absolute Gasteiger partial charge is 0.317 e. The number of hydrogen-bond donors (Lipinski definition) is 1. The van der Waals surface area contributed by atoms with E-state index in [4.69, 9.17) is 0 Å². The minimum Gasteiger partial charge on any atom is -0.317 e. The Balaban J connectivity index is 0.00000131. The van der Waals surface area contributed by atoms with Gasteiger partial charge in [-0.25, -0.2) is 0 Å². The van der Waals surface area contributed by atoms with Gasteiger partial charge in [-0.15, -0.1) is 24.8 Å². The Morgan fingerprint density at radius 1 is 0.889 bits per heavy atom. The summed E-state index contributed by atoms with van der Waals surface area (Å²) in [5.41, 5.74) is 2.77. The Labute approximate surface area is 175 Å². The first-order valence-electron chi connectivity index (χ1n) is 9.85. The van der Waals surface area contributed by atoms with Gasteiger partial charge in [0.1, 0.15) is 0 Å². The fourth-order valence-electron chi connectivity index (χ4n) is 4.56. The third-order valence-electron chi connectivity index (χ3n) is 5.98. The van der Waals surface area contributed by atoms with Gasteiger partial charge in [-0.05, 0) is 80.9 Å². The van der Waals surface area contributed by atoms with Crippen LogP contribution >= 0.6 is 24.8 Å². The number of aromatic nitrogens is 2. The van der Waals surface area contributed by atoms with Crippen LogP contribution in [0.15, 0.2) is 42.7 Å². The SMILES string of the molecule is Cl.Cl.c1cc(CN2CCC(C3CCNCC3)CC2)cc(Cn2cccn2)c1. The summed E-state index contributed by atoms with van der Waals surface area (Å²) in [5, 5.41) is 7.81. The van der Waals surface area contributed by atoms with Gasteiger partial charge in [-0.3, -0.25) is 9.58 Å². The van der Waals surface area contributed by atoms with Crippen LogP contribution in [0.1, 0.15) is 36.8 Å². The van der Waals surface area contributed by atoms with E-state index in [2.05, 4.69) is 39.6 Å². The number of piperidine rings is 2. The first-order valence-corrected chi connectivity index (χ1v) is 9.85. The number of likely N-dealkylation sites (tertiary alicyclic amines) is 1. The molecule has 2 aliphatic rings. The zero-order valence-electron chi connectivity index (χ0n) is 15.9. The molecule has 4 nitrogen and oxygen atoms in total. The summed E-state index contributed by atoms with van der Waals surface area (Å²) in [4.78, 5) is 2.64. The van der Waals surface area contributed by atoms with Gasteiger partial charge in [-0.2, -0.15) is 5.10 Å². The van der Waals surface area contributed by atoms with Crippen molar-refractivity contribution in [3.8, 4) is 0 Å². The fraction of sp³-hybridized carbons (Fsp3) is 0.571. The molecule has 2 aliphatic heterocycles. The Hall–Kier alpha value is -1.07. The Morgan fingerprint density at radius 2 is 1.56 bits per heavy atom. The minimum atomic E-state index is 0. The van der Waals surface area contributed by atoms with Gasteiger partial charge in [0.25, 0.3) is 0 Å².